The minimum atomic E-state index is -0.667. The first-order chi connectivity index (χ1) is 10.0. The molecule has 0 aromatic heterocycles. The third-order valence-electron chi connectivity index (χ3n) is 3.23. The molecule has 0 bridgehead atoms. The van der Waals surface area contributed by atoms with Crippen molar-refractivity contribution in [2.24, 2.45) is 5.73 Å². The number of nitrogens with zero attached hydrogens (tertiary/aromatic N) is 1. The molecule has 0 aliphatic carbocycles. The van der Waals surface area contributed by atoms with E-state index in [1.54, 1.807) is 19.2 Å². The molecule has 2 aromatic rings. The van der Waals surface area contributed by atoms with E-state index in [0.717, 1.165) is 5.56 Å². The van der Waals surface area contributed by atoms with Crippen molar-refractivity contribution in [1.29, 1.82) is 0 Å². The molecule has 0 aliphatic rings. The van der Waals surface area contributed by atoms with Crippen LogP contribution in [0.25, 0.3) is 0 Å². The summed E-state index contributed by atoms with van der Waals surface area (Å²) in [7, 11) is 1.66. The van der Waals surface area contributed by atoms with E-state index in [9.17, 15) is 9.90 Å². The van der Waals surface area contributed by atoms with Crippen LogP contribution in [0.2, 0.25) is 0 Å². The number of amides is 1. The van der Waals surface area contributed by atoms with Gasteiger partial charge in [0.05, 0.1) is 4.99 Å². The van der Waals surface area contributed by atoms with Gasteiger partial charge in [-0.2, -0.15) is 0 Å². The van der Waals surface area contributed by atoms with Crippen molar-refractivity contribution in [1.82, 2.24) is 0 Å². The molecular weight excluding hydrogens is 284 g/mol. The summed E-state index contributed by atoms with van der Waals surface area (Å²) in [6.07, 6.45) is 0. The minimum Gasteiger partial charge on any atom is -0.508 e. The molecule has 4 nitrogen and oxygen atoms in total. The predicted molar refractivity (Wildman–Crippen MR) is 87.5 cm³/mol. The summed E-state index contributed by atoms with van der Waals surface area (Å²) in [5.41, 5.74) is 7.18. The molecule has 0 saturated heterocycles. The van der Waals surface area contributed by atoms with Gasteiger partial charge in [-0.25, -0.2) is 0 Å². The van der Waals surface area contributed by atoms with Crippen molar-refractivity contribution in [3.63, 3.8) is 0 Å². The molecular formula is C16H16N2O2S. The number of hydrogen-bond acceptors (Lipinski definition) is 3. The molecule has 0 heterocycles. The van der Waals surface area contributed by atoms with Gasteiger partial charge in [0.25, 0.3) is 0 Å². The van der Waals surface area contributed by atoms with Crippen molar-refractivity contribution >= 4 is 28.8 Å². The summed E-state index contributed by atoms with van der Waals surface area (Å²) in [5.74, 6) is -0.729. The number of phenols is 1. The molecule has 2 rings (SSSR count). The number of likely N-dealkylation sites (N-methyl/N-ethyl adjacent to an activating group) is 1. The number of hydrogen-bond donors (Lipinski definition) is 2. The van der Waals surface area contributed by atoms with Gasteiger partial charge in [-0.1, -0.05) is 42.5 Å². The topological polar surface area (TPSA) is 66.6 Å². The second-order valence-electron chi connectivity index (χ2n) is 4.66. The molecule has 1 unspecified atom stereocenters. The lowest BCUT2D eigenvalue weighted by Gasteiger charge is -2.23. The molecule has 0 saturated carbocycles. The number of phenolic OH excluding ortho intramolecular Hbond substituents is 1. The van der Waals surface area contributed by atoms with Crippen molar-refractivity contribution < 1.29 is 9.90 Å². The molecule has 1 atom stereocenters. The second kappa shape index (κ2) is 6.37. The first kappa shape index (κ1) is 15.0. The van der Waals surface area contributed by atoms with E-state index >= 15 is 0 Å². The van der Waals surface area contributed by atoms with Gasteiger partial charge in [-0.3, -0.25) is 4.79 Å². The SMILES string of the molecule is CN(C(=O)C(C(N)=S)c1ccccc1)c1ccc(O)cc1. The van der Waals surface area contributed by atoms with Crippen LogP contribution in [0.4, 0.5) is 5.69 Å². The van der Waals surface area contributed by atoms with Gasteiger partial charge in [0.15, 0.2) is 0 Å². The largest absolute Gasteiger partial charge is 0.508 e. The molecule has 0 spiro atoms. The highest BCUT2D eigenvalue weighted by molar-refractivity contribution is 7.80. The van der Waals surface area contributed by atoms with Crippen LogP contribution in [0.5, 0.6) is 5.75 Å². The Morgan fingerprint density at radius 1 is 1.14 bits per heavy atom. The normalized spacial score (nSPS) is 11.7. The Morgan fingerprint density at radius 3 is 2.24 bits per heavy atom. The fourth-order valence-corrected chi connectivity index (χ4v) is 2.31. The Kier molecular flexibility index (Phi) is 4.55. The summed E-state index contributed by atoms with van der Waals surface area (Å²) in [5, 5.41) is 9.31. The van der Waals surface area contributed by atoms with E-state index in [1.165, 1.54) is 17.0 Å². The van der Waals surface area contributed by atoms with Gasteiger partial charge in [-0.05, 0) is 29.8 Å². The second-order valence-corrected chi connectivity index (χ2v) is 5.13. The van der Waals surface area contributed by atoms with Crippen LogP contribution in [-0.4, -0.2) is 23.0 Å². The van der Waals surface area contributed by atoms with Crippen molar-refractivity contribution in [3.05, 3.63) is 60.2 Å². The van der Waals surface area contributed by atoms with Crippen LogP contribution in [0.15, 0.2) is 54.6 Å². The Hall–Kier alpha value is -2.40. The fraction of sp³-hybridized carbons (Fsp3) is 0.125. The number of thiocarbonyl (C=S) groups is 1. The highest BCUT2D eigenvalue weighted by Gasteiger charge is 2.27. The number of nitrogens with two attached hydrogens (primary N) is 1. The molecule has 2 aromatic carbocycles. The lowest BCUT2D eigenvalue weighted by molar-refractivity contribution is -0.118. The Labute approximate surface area is 128 Å². The molecule has 0 aliphatic heterocycles. The van der Waals surface area contributed by atoms with Crippen LogP contribution in [0.3, 0.4) is 0 Å². The highest BCUT2D eigenvalue weighted by Crippen LogP contribution is 2.23. The van der Waals surface area contributed by atoms with Crippen LogP contribution in [-0.2, 0) is 4.79 Å². The maximum Gasteiger partial charge on any atom is 0.241 e. The zero-order valence-corrected chi connectivity index (χ0v) is 12.4. The monoisotopic (exact) mass is 300 g/mol. The van der Waals surface area contributed by atoms with Gasteiger partial charge >= 0.3 is 0 Å². The average molecular weight is 300 g/mol. The summed E-state index contributed by atoms with van der Waals surface area (Å²) >= 11 is 5.06. The van der Waals surface area contributed by atoms with Crippen LogP contribution >= 0.6 is 12.2 Å². The number of benzene rings is 2. The smallest absolute Gasteiger partial charge is 0.241 e. The molecule has 0 radical (unpaired) electrons. The van der Waals surface area contributed by atoms with E-state index in [1.807, 2.05) is 30.3 Å². The van der Waals surface area contributed by atoms with Crippen LogP contribution in [0, 0.1) is 0 Å². The zero-order chi connectivity index (χ0) is 15.4. The molecule has 0 fully saturated rings. The minimum absolute atomic E-state index is 0.136. The first-order valence-electron chi connectivity index (χ1n) is 6.41. The summed E-state index contributed by atoms with van der Waals surface area (Å²) in [4.78, 5) is 14.3. The quantitative estimate of drug-likeness (QED) is 0.851. The Bertz CT molecular complexity index is 641. The molecule has 5 heteroatoms. The van der Waals surface area contributed by atoms with E-state index in [0.29, 0.717) is 5.69 Å². The highest BCUT2D eigenvalue weighted by atomic mass is 32.1. The van der Waals surface area contributed by atoms with Crippen LogP contribution in [0.1, 0.15) is 11.5 Å². The van der Waals surface area contributed by atoms with Gasteiger partial charge in [0.2, 0.25) is 5.91 Å². The van der Waals surface area contributed by atoms with E-state index < -0.39 is 5.92 Å². The summed E-state index contributed by atoms with van der Waals surface area (Å²) in [6.45, 7) is 0. The van der Waals surface area contributed by atoms with Gasteiger partial charge < -0.3 is 15.7 Å². The first-order valence-corrected chi connectivity index (χ1v) is 6.82. The van der Waals surface area contributed by atoms with Gasteiger partial charge in [-0.15, -0.1) is 0 Å². The van der Waals surface area contributed by atoms with Crippen molar-refractivity contribution in [3.8, 4) is 5.75 Å². The Morgan fingerprint density at radius 2 is 1.71 bits per heavy atom. The maximum atomic E-state index is 12.7. The summed E-state index contributed by atoms with van der Waals surface area (Å²) < 4.78 is 0. The van der Waals surface area contributed by atoms with Crippen LogP contribution < -0.4 is 10.6 Å². The number of carbonyl (C=O) groups is 1. The maximum absolute atomic E-state index is 12.7. The Balaban J connectivity index is 2.31. The van der Waals surface area contributed by atoms with Crippen molar-refractivity contribution in [2.45, 2.75) is 5.92 Å². The van der Waals surface area contributed by atoms with Gasteiger partial charge in [0.1, 0.15) is 11.7 Å². The lowest BCUT2D eigenvalue weighted by atomic mass is 9.97. The number of anilines is 1. The predicted octanol–water partition coefficient (Wildman–Crippen LogP) is 2.42. The lowest BCUT2D eigenvalue weighted by Crippen LogP contribution is -2.37. The summed E-state index contributed by atoms with van der Waals surface area (Å²) in [6, 6.07) is 15.6. The third kappa shape index (κ3) is 3.38. The molecule has 1 amide bonds. The number of aromatic hydroxyl groups is 1. The molecule has 108 valence electrons. The van der Waals surface area contributed by atoms with E-state index in [2.05, 4.69) is 0 Å². The fourth-order valence-electron chi connectivity index (χ4n) is 2.07. The number of rotatable bonds is 4. The average Bonchev–Trinajstić information content (AvgIpc) is 2.48. The standard InChI is InChI=1S/C16H16N2O2S/c1-18(12-7-9-13(19)10-8-12)16(20)14(15(17)21)11-5-3-2-4-6-11/h2-10,14,19H,1H3,(H2,17,21). The third-order valence-corrected chi connectivity index (χ3v) is 3.47. The van der Waals surface area contributed by atoms with E-state index in [4.69, 9.17) is 18.0 Å². The van der Waals surface area contributed by atoms with E-state index in [-0.39, 0.29) is 16.6 Å². The number of carbonyl (C=O) groups excluding carboxylic acids is 1. The molecule has 21 heavy (non-hydrogen) atoms. The zero-order valence-electron chi connectivity index (χ0n) is 11.6. The molecule has 3 N–H and O–H groups in total. The van der Waals surface area contributed by atoms with Crippen molar-refractivity contribution in [2.75, 3.05) is 11.9 Å². The van der Waals surface area contributed by atoms with Gasteiger partial charge in [0, 0.05) is 12.7 Å².